The van der Waals surface area contributed by atoms with E-state index in [1.807, 2.05) is 84.9 Å². The summed E-state index contributed by atoms with van der Waals surface area (Å²) in [5.41, 5.74) is 5.34. The fraction of sp³-hybridized carbons (Fsp3) is 0.0370. The van der Waals surface area contributed by atoms with Crippen molar-refractivity contribution in [2.45, 2.75) is 16.3 Å². The van der Waals surface area contributed by atoms with Crippen LogP contribution < -0.4 is 5.32 Å². The van der Waals surface area contributed by atoms with Crippen LogP contribution >= 0.6 is 23.4 Å². The molecular weight excluding hydrogens is 436 g/mol. The molecule has 5 heteroatoms. The summed E-state index contributed by atoms with van der Waals surface area (Å²) in [6.45, 7) is 0.482. The molecule has 0 fully saturated rings. The molecule has 0 unspecified atom stereocenters. The molecule has 3 nitrogen and oxygen atoms in total. The van der Waals surface area contributed by atoms with Crippen LogP contribution in [0.5, 0.6) is 0 Å². The average molecular weight is 455 g/mol. The molecule has 4 aromatic carbocycles. The summed E-state index contributed by atoms with van der Waals surface area (Å²) in [5.74, 6) is -0.119. The van der Waals surface area contributed by atoms with Crippen LogP contribution in [0.2, 0.25) is 5.02 Å². The summed E-state index contributed by atoms with van der Waals surface area (Å²) >= 11 is 7.77. The molecule has 1 aliphatic heterocycles. The van der Waals surface area contributed by atoms with Crippen molar-refractivity contribution in [1.82, 2.24) is 5.32 Å². The van der Waals surface area contributed by atoms with Crippen molar-refractivity contribution in [3.63, 3.8) is 0 Å². The first-order valence-electron chi connectivity index (χ1n) is 10.3. The van der Waals surface area contributed by atoms with Gasteiger partial charge < -0.3 is 5.32 Å². The summed E-state index contributed by atoms with van der Waals surface area (Å²) in [5, 5.41) is 3.68. The quantitative estimate of drug-likeness (QED) is 0.320. The number of carbonyl (C=O) groups excluding carboxylic acids is 1. The molecule has 32 heavy (non-hydrogen) atoms. The number of hydrogen-bond acceptors (Lipinski definition) is 3. The second-order valence-electron chi connectivity index (χ2n) is 7.42. The van der Waals surface area contributed by atoms with Crippen molar-refractivity contribution in [2.24, 2.45) is 4.99 Å². The fourth-order valence-electron chi connectivity index (χ4n) is 3.59. The normalized spacial score (nSPS) is 12.2. The molecule has 0 atom stereocenters. The lowest BCUT2D eigenvalue weighted by molar-refractivity contribution is 0.0951. The topological polar surface area (TPSA) is 41.5 Å². The van der Waals surface area contributed by atoms with Crippen LogP contribution in [0.4, 0.5) is 5.69 Å². The molecule has 1 N–H and O–H groups in total. The standard InChI is InChI=1S/C27H19ClN2OS/c28-21-13-10-19(11-14-21)26-22-8-4-5-9-24(22)32-25-15-12-20(16-23(25)30-26)27(31)29-17-18-6-2-1-3-7-18/h1-16H,17H2,(H,29,31). The maximum atomic E-state index is 12.8. The average Bonchev–Trinajstić information content (AvgIpc) is 3.00. The molecule has 0 radical (unpaired) electrons. The Morgan fingerprint density at radius 1 is 0.844 bits per heavy atom. The van der Waals surface area contributed by atoms with Crippen molar-refractivity contribution >= 4 is 40.7 Å². The van der Waals surface area contributed by atoms with Gasteiger partial charge in [0.2, 0.25) is 0 Å². The first kappa shape index (κ1) is 20.6. The van der Waals surface area contributed by atoms with Gasteiger partial charge in [-0.25, -0.2) is 4.99 Å². The molecule has 0 aromatic heterocycles. The number of aliphatic imine (C=N–C) groups is 1. The number of benzene rings is 4. The van der Waals surface area contributed by atoms with Crippen molar-refractivity contribution < 1.29 is 4.79 Å². The van der Waals surface area contributed by atoms with Crippen LogP contribution in [0, 0.1) is 0 Å². The highest BCUT2D eigenvalue weighted by atomic mass is 35.5. The Labute approximate surface area is 196 Å². The van der Waals surface area contributed by atoms with E-state index in [1.165, 1.54) is 0 Å². The van der Waals surface area contributed by atoms with E-state index in [4.69, 9.17) is 16.6 Å². The SMILES string of the molecule is O=C(NCc1ccccc1)c1ccc2c(c1)N=C(c1ccc(Cl)cc1)c1ccccc1S2. The molecule has 1 heterocycles. The van der Waals surface area contributed by atoms with Gasteiger partial charge in [0.05, 0.1) is 11.4 Å². The smallest absolute Gasteiger partial charge is 0.251 e. The summed E-state index contributed by atoms with van der Waals surface area (Å²) < 4.78 is 0. The highest BCUT2D eigenvalue weighted by molar-refractivity contribution is 7.99. The van der Waals surface area contributed by atoms with Gasteiger partial charge in [0.15, 0.2) is 0 Å². The molecule has 0 spiro atoms. The van der Waals surface area contributed by atoms with E-state index in [9.17, 15) is 4.79 Å². The Hall–Kier alpha value is -3.34. The van der Waals surface area contributed by atoms with Crippen LogP contribution in [-0.2, 0) is 6.54 Å². The molecule has 1 amide bonds. The first-order chi connectivity index (χ1) is 15.7. The number of amides is 1. The molecule has 0 bridgehead atoms. The predicted molar refractivity (Wildman–Crippen MR) is 131 cm³/mol. The van der Waals surface area contributed by atoms with E-state index >= 15 is 0 Å². The molecule has 1 aliphatic rings. The monoisotopic (exact) mass is 454 g/mol. The van der Waals surface area contributed by atoms with Crippen LogP contribution in [0.15, 0.2) is 112 Å². The minimum atomic E-state index is -0.119. The minimum absolute atomic E-state index is 0.119. The van der Waals surface area contributed by atoms with Gasteiger partial charge in [-0.2, -0.15) is 0 Å². The Morgan fingerprint density at radius 3 is 2.41 bits per heavy atom. The number of carbonyl (C=O) groups is 1. The number of nitrogens with one attached hydrogen (secondary N) is 1. The zero-order valence-electron chi connectivity index (χ0n) is 17.1. The molecule has 0 saturated carbocycles. The predicted octanol–water partition coefficient (Wildman–Crippen LogP) is 6.90. The van der Waals surface area contributed by atoms with E-state index < -0.39 is 0 Å². The summed E-state index contributed by atoms with van der Waals surface area (Å²) in [4.78, 5) is 20.0. The summed E-state index contributed by atoms with van der Waals surface area (Å²) in [7, 11) is 0. The third-order valence-corrected chi connectivity index (χ3v) is 6.62. The van der Waals surface area contributed by atoms with Gasteiger partial charge in [-0.15, -0.1) is 0 Å². The molecular formula is C27H19ClN2OS. The summed E-state index contributed by atoms with van der Waals surface area (Å²) in [6, 6.07) is 31.5. The number of hydrogen-bond donors (Lipinski definition) is 1. The fourth-order valence-corrected chi connectivity index (χ4v) is 4.72. The van der Waals surface area contributed by atoms with Gasteiger partial charge in [0.1, 0.15) is 0 Å². The van der Waals surface area contributed by atoms with Gasteiger partial charge in [-0.1, -0.05) is 84.0 Å². The number of fused-ring (bicyclic) bond motifs is 2. The zero-order chi connectivity index (χ0) is 21.9. The third-order valence-electron chi connectivity index (χ3n) is 5.23. The van der Waals surface area contributed by atoms with Crippen LogP contribution in [-0.4, -0.2) is 11.6 Å². The van der Waals surface area contributed by atoms with Crippen molar-refractivity contribution in [1.29, 1.82) is 0 Å². The van der Waals surface area contributed by atoms with E-state index in [-0.39, 0.29) is 5.91 Å². The highest BCUT2D eigenvalue weighted by Crippen LogP contribution is 2.41. The molecule has 0 aliphatic carbocycles. The van der Waals surface area contributed by atoms with Crippen molar-refractivity contribution in [3.8, 4) is 0 Å². The van der Waals surface area contributed by atoms with E-state index in [0.29, 0.717) is 17.1 Å². The Bertz CT molecular complexity index is 1320. The van der Waals surface area contributed by atoms with Crippen LogP contribution in [0.3, 0.4) is 0 Å². The lowest BCUT2D eigenvalue weighted by atomic mass is 10.0. The first-order valence-corrected chi connectivity index (χ1v) is 11.4. The van der Waals surface area contributed by atoms with Gasteiger partial charge in [-0.05, 0) is 42.0 Å². The van der Waals surface area contributed by atoms with Crippen LogP contribution in [0.25, 0.3) is 0 Å². The Balaban J connectivity index is 1.51. The third kappa shape index (κ3) is 4.33. The number of halogens is 1. The van der Waals surface area contributed by atoms with Gasteiger partial charge in [0.25, 0.3) is 5.91 Å². The second-order valence-corrected chi connectivity index (χ2v) is 8.94. The number of nitrogens with zero attached hydrogens (tertiary/aromatic N) is 1. The second kappa shape index (κ2) is 9.03. The maximum absolute atomic E-state index is 12.8. The lowest BCUT2D eigenvalue weighted by Crippen LogP contribution is -2.22. The van der Waals surface area contributed by atoms with E-state index in [2.05, 4.69) is 17.4 Å². The Kier molecular flexibility index (Phi) is 5.80. The van der Waals surface area contributed by atoms with E-state index in [0.717, 1.165) is 37.9 Å². The van der Waals surface area contributed by atoms with Crippen molar-refractivity contribution in [2.75, 3.05) is 0 Å². The van der Waals surface area contributed by atoms with Gasteiger partial charge in [-0.3, -0.25) is 4.79 Å². The van der Waals surface area contributed by atoms with Gasteiger partial charge >= 0.3 is 0 Å². The van der Waals surface area contributed by atoms with Crippen LogP contribution in [0.1, 0.15) is 27.0 Å². The minimum Gasteiger partial charge on any atom is -0.348 e. The molecule has 4 aromatic rings. The molecule has 5 rings (SSSR count). The zero-order valence-corrected chi connectivity index (χ0v) is 18.7. The number of rotatable bonds is 4. The van der Waals surface area contributed by atoms with E-state index in [1.54, 1.807) is 11.8 Å². The summed E-state index contributed by atoms with van der Waals surface area (Å²) in [6.07, 6.45) is 0. The highest BCUT2D eigenvalue weighted by Gasteiger charge is 2.20. The molecule has 156 valence electrons. The van der Waals surface area contributed by atoms with Crippen molar-refractivity contribution in [3.05, 3.63) is 124 Å². The lowest BCUT2D eigenvalue weighted by Gasteiger charge is -2.09. The molecule has 0 saturated heterocycles. The Morgan fingerprint density at radius 2 is 1.59 bits per heavy atom. The van der Waals surface area contributed by atoms with Gasteiger partial charge in [0, 0.05) is 38.0 Å². The maximum Gasteiger partial charge on any atom is 0.251 e. The largest absolute Gasteiger partial charge is 0.348 e.